The van der Waals surface area contributed by atoms with Crippen molar-refractivity contribution in [1.29, 1.82) is 0 Å². The molecule has 2 bridgehead atoms. The quantitative estimate of drug-likeness (QED) is 0.165. The van der Waals surface area contributed by atoms with Crippen molar-refractivity contribution in [2.75, 3.05) is 31.2 Å². The summed E-state index contributed by atoms with van der Waals surface area (Å²) in [5.41, 5.74) is 0.522. The molecule has 3 aliphatic rings. The molecule has 0 aromatic heterocycles. The molecule has 3 unspecified atom stereocenters. The van der Waals surface area contributed by atoms with Crippen LogP contribution in [0.1, 0.15) is 25.7 Å². The van der Waals surface area contributed by atoms with E-state index in [1.165, 1.54) is 21.6 Å². The first kappa shape index (κ1) is 28.2. The Kier molecular flexibility index (Phi) is 9.09. The number of carbonyl (C=O) groups excluding carboxylic acids is 3. The largest absolute Gasteiger partial charge is 0.465 e. The second kappa shape index (κ2) is 11.9. The lowest BCUT2D eigenvalue weighted by atomic mass is 9.71. The lowest BCUT2D eigenvalue weighted by Crippen LogP contribution is -2.56. The number of β-amino-alcohol motifs (C(OH)–C–C–N with tert-alkyl or cyclic N) is 1. The van der Waals surface area contributed by atoms with Crippen LogP contribution in [-0.2, 0) is 19.1 Å². The van der Waals surface area contributed by atoms with Crippen LogP contribution in [-0.4, -0.2) is 75.0 Å². The zero-order chi connectivity index (χ0) is 26.7. The van der Waals surface area contributed by atoms with E-state index in [4.69, 9.17) is 16.3 Å². The summed E-state index contributed by atoms with van der Waals surface area (Å²) in [7, 11) is 0. The molecule has 37 heavy (non-hydrogen) atoms. The summed E-state index contributed by atoms with van der Waals surface area (Å²) in [5, 5.41) is 10.0. The highest BCUT2D eigenvalue weighted by Crippen LogP contribution is 2.68. The zero-order valence-corrected chi connectivity index (χ0v) is 23.7. The van der Waals surface area contributed by atoms with E-state index in [-0.39, 0.29) is 48.2 Å². The highest BCUT2D eigenvalue weighted by atomic mass is 79.9. The third-order valence-corrected chi connectivity index (χ3v) is 10.9. The lowest BCUT2D eigenvalue weighted by Gasteiger charge is -2.37. The number of likely N-dealkylation sites (tertiary alicyclic amines) is 1. The van der Waals surface area contributed by atoms with Gasteiger partial charge in [-0.1, -0.05) is 51.8 Å². The van der Waals surface area contributed by atoms with Crippen molar-refractivity contribution in [3.8, 4) is 0 Å². The van der Waals surface area contributed by atoms with Crippen molar-refractivity contribution in [1.82, 2.24) is 4.90 Å². The number of nitrogens with zero attached hydrogens (tertiary/aromatic N) is 2. The Hall–Kier alpha value is -1.81. The highest BCUT2D eigenvalue weighted by Gasteiger charge is 2.76. The number of rotatable bonds is 12. The van der Waals surface area contributed by atoms with Crippen LogP contribution in [0.4, 0.5) is 5.69 Å². The van der Waals surface area contributed by atoms with Crippen LogP contribution in [0.2, 0.25) is 5.02 Å². The monoisotopic (exact) mass is 610 g/mol. The van der Waals surface area contributed by atoms with Gasteiger partial charge in [-0.2, -0.15) is 0 Å². The van der Waals surface area contributed by atoms with Gasteiger partial charge < -0.3 is 19.6 Å². The van der Waals surface area contributed by atoms with Gasteiger partial charge in [0.15, 0.2) is 0 Å². The number of carbonyl (C=O) groups is 3. The number of anilines is 1. The topological polar surface area (TPSA) is 87.2 Å². The minimum absolute atomic E-state index is 0.000555. The third-order valence-electron chi connectivity index (χ3n) is 7.40. The van der Waals surface area contributed by atoms with Crippen molar-refractivity contribution in [2.24, 2.45) is 11.8 Å². The number of unbranched alkanes of at least 4 members (excludes halogenated alkanes) is 2. The van der Waals surface area contributed by atoms with Gasteiger partial charge in [0.05, 0.1) is 40.5 Å². The van der Waals surface area contributed by atoms with Crippen LogP contribution in [0, 0.1) is 11.8 Å². The van der Waals surface area contributed by atoms with Gasteiger partial charge in [-0.05, 0) is 37.8 Å². The Labute approximate surface area is 235 Å². The van der Waals surface area contributed by atoms with Crippen molar-refractivity contribution in [2.45, 2.75) is 46.5 Å². The molecule has 1 N–H and O–H groups in total. The number of alkyl halides is 1. The standard InChI is InChI=1S/C27H32BrClN2O5S/c1-3-5-6-9-15-36-26(35)20-21-24(33)31(13-14-32)23(27(21)16-17(28)22(20)37-27)25(34)30(12-4-2)19-11-8-7-10-18(19)29/h3-4,7-8,10-11,17,20-23,32H,1-2,5-6,9,12-16H2/t17?,20-,21+,22-,23?,27?/m1/s1. The third kappa shape index (κ3) is 5.00. The number of hydrogen-bond acceptors (Lipinski definition) is 6. The number of thioether (sulfide) groups is 1. The fourth-order valence-corrected chi connectivity index (χ4v) is 9.77. The minimum Gasteiger partial charge on any atom is -0.465 e. The van der Waals surface area contributed by atoms with Gasteiger partial charge >= 0.3 is 5.97 Å². The van der Waals surface area contributed by atoms with Crippen LogP contribution in [0.5, 0.6) is 0 Å². The minimum atomic E-state index is -0.867. The first-order chi connectivity index (χ1) is 17.8. The predicted octanol–water partition coefficient (Wildman–Crippen LogP) is 4.22. The normalized spacial score (nSPS) is 29.8. The van der Waals surface area contributed by atoms with Gasteiger partial charge in [0.1, 0.15) is 6.04 Å². The molecule has 1 aromatic rings. The number of halogens is 2. The molecule has 0 aliphatic carbocycles. The van der Waals surface area contributed by atoms with E-state index in [9.17, 15) is 19.5 Å². The number of esters is 1. The molecule has 2 amide bonds. The van der Waals surface area contributed by atoms with Gasteiger partial charge in [-0.15, -0.1) is 24.9 Å². The summed E-state index contributed by atoms with van der Waals surface area (Å²) >= 11 is 11.7. The molecular weight excluding hydrogens is 580 g/mol. The highest BCUT2D eigenvalue weighted by molar-refractivity contribution is 9.09. The van der Waals surface area contributed by atoms with Gasteiger partial charge in [0, 0.05) is 23.2 Å². The van der Waals surface area contributed by atoms with Gasteiger partial charge in [-0.25, -0.2) is 0 Å². The van der Waals surface area contributed by atoms with E-state index in [2.05, 4.69) is 29.1 Å². The fraction of sp³-hybridized carbons (Fsp3) is 0.519. The summed E-state index contributed by atoms with van der Waals surface area (Å²) < 4.78 is 4.81. The second-order valence-corrected chi connectivity index (χ2v) is 12.7. The van der Waals surface area contributed by atoms with Crippen molar-refractivity contribution in [3.63, 3.8) is 0 Å². The van der Waals surface area contributed by atoms with Crippen molar-refractivity contribution >= 4 is 62.8 Å². The average Bonchev–Trinajstić information content (AvgIpc) is 3.46. The molecule has 0 radical (unpaired) electrons. The van der Waals surface area contributed by atoms with Crippen LogP contribution >= 0.6 is 39.3 Å². The van der Waals surface area contributed by atoms with Crippen LogP contribution in [0.15, 0.2) is 49.6 Å². The fourth-order valence-electron chi connectivity index (χ4n) is 5.94. The molecule has 3 fully saturated rings. The van der Waals surface area contributed by atoms with E-state index >= 15 is 0 Å². The smallest absolute Gasteiger partial charge is 0.310 e. The van der Waals surface area contributed by atoms with Gasteiger partial charge in [-0.3, -0.25) is 14.4 Å². The molecule has 3 saturated heterocycles. The van der Waals surface area contributed by atoms with Gasteiger partial charge in [0.2, 0.25) is 5.91 Å². The lowest BCUT2D eigenvalue weighted by molar-refractivity contribution is -0.154. The van der Waals surface area contributed by atoms with Gasteiger partial charge in [0.25, 0.3) is 5.91 Å². The summed E-state index contributed by atoms with van der Waals surface area (Å²) in [4.78, 5) is 44.4. The molecule has 4 rings (SSSR count). The van der Waals surface area contributed by atoms with E-state index in [0.717, 1.165) is 19.3 Å². The summed E-state index contributed by atoms with van der Waals surface area (Å²) in [6.07, 6.45) is 6.42. The molecule has 3 heterocycles. The second-order valence-electron chi connectivity index (χ2n) is 9.56. The Bertz CT molecular complexity index is 1070. The number of hydrogen-bond donors (Lipinski definition) is 1. The molecule has 1 aromatic carbocycles. The summed E-state index contributed by atoms with van der Waals surface area (Å²) in [5.74, 6) is -2.35. The zero-order valence-electron chi connectivity index (χ0n) is 20.6. The molecule has 10 heteroatoms. The van der Waals surface area contributed by atoms with Crippen LogP contribution in [0.25, 0.3) is 0 Å². The van der Waals surface area contributed by atoms with Crippen LogP contribution in [0.3, 0.4) is 0 Å². The molecule has 200 valence electrons. The number of ether oxygens (including phenoxy) is 1. The first-order valence-corrected chi connectivity index (χ1v) is 14.7. The first-order valence-electron chi connectivity index (χ1n) is 12.5. The number of fused-ring (bicyclic) bond motifs is 1. The molecule has 6 atom stereocenters. The number of aliphatic hydroxyl groups excluding tert-OH is 1. The maximum Gasteiger partial charge on any atom is 0.310 e. The number of amides is 2. The number of benzene rings is 1. The van der Waals surface area contributed by atoms with E-state index in [1.54, 1.807) is 30.3 Å². The molecule has 3 aliphatic heterocycles. The molecule has 1 spiro atoms. The molecule has 0 saturated carbocycles. The van der Waals surface area contributed by atoms with Crippen LogP contribution < -0.4 is 4.90 Å². The Morgan fingerprint density at radius 2 is 2.05 bits per heavy atom. The average molecular weight is 612 g/mol. The van der Waals surface area contributed by atoms with E-state index in [1.807, 2.05) is 6.08 Å². The SMILES string of the molecule is C=CCCCCOC(=O)[C@H]1[C@@H]2SC3(CC2Br)C(C(=O)N(CC=C)c2ccccc2Cl)N(CCO)C(=O)[C@H]13. The summed E-state index contributed by atoms with van der Waals surface area (Å²) in [6.45, 7) is 7.69. The Morgan fingerprint density at radius 3 is 2.73 bits per heavy atom. The van der Waals surface area contributed by atoms with E-state index in [0.29, 0.717) is 17.1 Å². The molecular formula is C27H32BrClN2O5S. The number of aliphatic hydroxyl groups is 1. The Balaban J connectivity index is 1.68. The number of allylic oxidation sites excluding steroid dienone is 1. The van der Waals surface area contributed by atoms with Crippen molar-refractivity contribution in [3.05, 3.63) is 54.6 Å². The number of para-hydroxylation sites is 1. The maximum absolute atomic E-state index is 14.3. The summed E-state index contributed by atoms with van der Waals surface area (Å²) in [6, 6.07) is 6.17. The molecule has 7 nitrogen and oxygen atoms in total. The van der Waals surface area contributed by atoms with E-state index < -0.39 is 28.6 Å². The predicted molar refractivity (Wildman–Crippen MR) is 150 cm³/mol. The van der Waals surface area contributed by atoms with Crippen molar-refractivity contribution < 1.29 is 24.2 Å². The Morgan fingerprint density at radius 1 is 1.30 bits per heavy atom. The maximum atomic E-state index is 14.3.